The summed E-state index contributed by atoms with van der Waals surface area (Å²) in [6.45, 7) is 6.55. The van der Waals surface area contributed by atoms with Crippen LogP contribution in [0, 0.1) is 6.92 Å². The number of anilines is 2. The number of amides is 1. The van der Waals surface area contributed by atoms with Gasteiger partial charge in [0.2, 0.25) is 5.91 Å². The number of hydrogen-bond acceptors (Lipinski definition) is 2. The average Bonchev–Trinajstić information content (AvgIpc) is 2.52. The Kier molecular flexibility index (Phi) is 5.59. The second-order valence-electron chi connectivity index (χ2n) is 5.43. The van der Waals surface area contributed by atoms with Crippen LogP contribution in [0.3, 0.4) is 0 Å². The van der Waals surface area contributed by atoms with E-state index in [-0.39, 0.29) is 12.5 Å². The van der Waals surface area contributed by atoms with E-state index in [9.17, 15) is 4.79 Å². The van der Waals surface area contributed by atoms with Crippen molar-refractivity contribution in [1.82, 2.24) is 0 Å². The van der Waals surface area contributed by atoms with E-state index in [0.717, 1.165) is 29.8 Å². The second kappa shape index (κ2) is 7.64. The number of carbonyl (C=O) groups is 1. The molecule has 0 bridgehead atoms. The van der Waals surface area contributed by atoms with Crippen LogP contribution in [0.5, 0.6) is 0 Å². The Labute approximate surface area is 132 Å². The van der Waals surface area contributed by atoms with Crippen molar-refractivity contribution in [1.29, 1.82) is 0 Å². The topological polar surface area (TPSA) is 41.1 Å². The quantitative estimate of drug-likeness (QED) is 0.840. The van der Waals surface area contributed by atoms with Crippen LogP contribution in [0.15, 0.2) is 42.5 Å². The van der Waals surface area contributed by atoms with Crippen LogP contribution >= 0.6 is 0 Å². The van der Waals surface area contributed by atoms with E-state index in [4.69, 9.17) is 0 Å². The molecule has 0 saturated heterocycles. The number of hydrogen-bond donors (Lipinski definition) is 2. The summed E-state index contributed by atoms with van der Waals surface area (Å²) in [5, 5.41) is 6.23. The first kappa shape index (κ1) is 16.1. The summed E-state index contributed by atoms with van der Waals surface area (Å²) in [7, 11) is 0. The summed E-state index contributed by atoms with van der Waals surface area (Å²) in [5.74, 6) is -0.0291. The van der Waals surface area contributed by atoms with Gasteiger partial charge in [-0.2, -0.15) is 0 Å². The normalized spacial score (nSPS) is 10.3. The highest BCUT2D eigenvalue weighted by Crippen LogP contribution is 2.22. The van der Waals surface area contributed by atoms with Crippen LogP contribution in [0.25, 0.3) is 0 Å². The first-order valence-corrected chi connectivity index (χ1v) is 7.85. The lowest BCUT2D eigenvalue weighted by Crippen LogP contribution is -2.22. The summed E-state index contributed by atoms with van der Waals surface area (Å²) in [6, 6.07) is 14.1. The minimum Gasteiger partial charge on any atom is -0.376 e. The fourth-order valence-corrected chi connectivity index (χ4v) is 2.57. The third kappa shape index (κ3) is 4.10. The van der Waals surface area contributed by atoms with Gasteiger partial charge in [0.15, 0.2) is 0 Å². The van der Waals surface area contributed by atoms with Crippen molar-refractivity contribution in [2.45, 2.75) is 33.6 Å². The highest BCUT2D eigenvalue weighted by molar-refractivity contribution is 5.94. The zero-order valence-corrected chi connectivity index (χ0v) is 13.6. The van der Waals surface area contributed by atoms with Gasteiger partial charge < -0.3 is 10.6 Å². The molecule has 1 amide bonds. The number of nitrogens with one attached hydrogen (secondary N) is 2. The number of aryl methyl sites for hydroxylation is 3. The SMILES string of the molecule is CCc1cccc(CC)c1NCC(=O)Nc1cccc(C)c1. The molecule has 0 atom stereocenters. The first-order valence-electron chi connectivity index (χ1n) is 7.85. The van der Waals surface area contributed by atoms with Crippen molar-refractivity contribution in [3.63, 3.8) is 0 Å². The molecule has 2 rings (SSSR count). The van der Waals surface area contributed by atoms with E-state index < -0.39 is 0 Å². The number of rotatable bonds is 6. The van der Waals surface area contributed by atoms with Crippen molar-refractivity contribution in [3.05, 3.63) is 59.2 Å². The highest BCUT2D eigenvalue weighted by atomic mass is 16.1. The van der Waals surface area contributed by atoms with Gasteiger partial charge in [-0.25, -0.2) is 0 Å². The van der Waals surface area contributed by atoms with E-state index in [1.807, 2.05) is 31.2 Å². The van der Waals surface area contributed by atoms with Gasteiger partial charge in [-0.1, -0.05) is 44.2 Å². The van der Waals surface area contributed by atoms with Crippen molar-refractivity contribution < 1.29 is 4.79 Å². The van der Waals surface area contributed by atoms with E-state index >= 15 is 0 Å². The molecule has 0 aliphatic heterocycles. The summed E-state index contributed by atoms with van der Waals surface area (Å²) in [6.07, 6.45) is 1.91. The Morgan fingerprint density at radius 3 is 2.23 bits per heavy atom. The maximum atomic E-state index is 12.1. The molecule has 0 radical (unpaired) electrons. The first-order chi connectivity index (χ1) is 10.6. The molecule has 2 N–H and O–H groups in total. The fraction of sp³-hybridized carbons (Fsp3) is 0.316. The van der Waals surface area contributed by atoms with Gasteiger partial charge in [-0.15, -0.1) is 0 Å². The zero-order chi connectivity index (χ0) is 15.9. The molecule has 2 aromatic rings. The highest BCUT2D eigenvalue weighted by Gasteiger charge is 2.08. The number of benzene rings is 2. The van der Waals surface area contributed by atoms with Crippen LogP contribution in [0.2, 0.25) is 0 Å². The molecule has 3 nitrogen and oxygen atoms in total. The fourth-order valence-electron chi connectivity index (χ4n) is 2.57. The lowest BCUT2D eigenvalue weighted by atomic mass is 10.0. The van der Waals surface area contributed by atoms with Gasteiger partial charge in [0.25, 0.3) is 0 Å². The summed E-state index contributed by atoms with van der Waals surface area (Å²) >= 11 is 0. The molecule has 116 valence electrons. The molecule has 0 aliphatic rings. The maximum Gasteiger partial charge on any atom is 0.243 e. The zero-order valence-electron chi connectivity index (χ0n) is 13.6. The average molecular weight is 296 g/mol. The van der Waals surface area contributed by atoms with Crippen molar-refractivity contribution in [2.24, 2.45) is 0 Å². The van der Waals surface area contributed by atoms with E-state index in [0.29, 0.717) is 0 Å². The molecule has 0 saturated carbocycles. The molecule has 0 aliphatic carbocycles. The van der Waals surface area contributed by atoms with Gasteiger partial charge in [0.1, 0.15) is 0 Å². The largest absolute Gasteiger partial charge is 0.376 e. The molecule has 0 aromatic heterocycles. The van der Waals surface area contributed by atoms with E-state index in [1.54, 1.807) is 0 Å². The predicted molar refractivity (Wildman–Crippen MR) is 93.5 cm³/mol. The molecule has 22 heavy (non-hydrogen) atoms. The number of para-hydroxylation sites is 1. The number of carbonyl (C=O) groups excluding carboxylic acids is 1. The van der Waals surface area contributed by atoms with Crippen molar-refractivity contribution in [3.8, 4) is 0 Å². The van der Waals surface area contributed by atoms with Crippen LogP contribution in [0.1, 0.15) is 30.5 Å². The third-order valence-electron chi connectivity index (χ3n) is 3.73. The van der Waals surface area contributed by atoms with Crippen LogP contribution in [-0.4, -0.2) is 12.5 Å². The monoisotopic (exact) mass is 296 g/mol. The summed E-state index contributed by atoms with van der Waals surface area (Å²) < 4.78 is 0. The predicted octanol–water partition coefficient (Wildman–Crippen LogP) is 4.17. The minimum atomic E-state index is -0.0291. The van der Waals surface area contributed by atoms with Gasteiger partial charge in [0.05, 0.1) is 6.54 Å². The lowest BCUT2D eigenvalue weighted by Gasteiger charge is -2.15. The molecule has 2 aromatic carbocycles. The van der Waals surface area contributed by atoms with Crippen molar-refractivity contribution in [2.75, 3.05) is 17.2 Å². The second-order valence-corrected chi connectivity index (χ2v) is 5.43. The summed E-state index contributed by atoms with van der Waals surface area (Å²) in [4.78, 5) is 12.1. The maximum absolute atomic E-state index is 12.1. The smallest absolute Gasteiger partial charge is 0.243 e. The molecule has 0 unspecified atom stereocenters. The molecular formula is C19H24N2O. The van der Waals surface area contributed by atoms with Crippen LogP contribution in [-0.2, 0) is 17.6 Å². The minimum absolute atomic E-state index is 0.0291. The molecule has 3 heteroatoms. The third-order valence-corrected chi connectivity index (χ3v) is 3.73. The van der Waals surface area contributed by atoms with Gasteiger partial charge in [0, 0.05) is 11.4 Å². The van der Waals surface area contributed by atoms with Gasteiger partial charge in [-0.3, -0.25) is 4.79 Å². The Balaban J connectivity index is 2.02. The van der Waals surface area contributed by atoms with Crippen LogP contribution < -0.4 is 10.6 Å². The molecule has 0 fully saturated rings. The molecule has 0 heterocycles. The summed E-state index contributed by atoms with van der Waals surface area (Å²) in [5.41, 5.74) is 5.58. The van der Waals surface area contributed by atoms with Gasteiger partial charge in [-0.05, 0) is 48.6 Å². The Morgan fingerprint density at radius 2 is 1.64 bits per heavy atom. The molecular weight excluding hydrogens is 272 g/mol. The van der Waals surface area contributed by atoms with E-state index in [2.05, 4.69) is 42.7 Å². The van der Waals surface area contributed by atoms with Gasteiger partial charge >= 0.3 is 0 Å². The standard InChI is InChI=1S/C19H24N2O/c1-4-15-9-7-10-16(5-2)19(15)20-13-18(22)21-17-11-6-8-14(3)12-17/h6-12,20H,4-5,13H2,1-3H3,(H,21,22). The molecule has 0 spiro atoms. The lowest BCUT2D eigenvalue weighted by molar-refractivity contribution is -0.114. The van der Waals surface area contributed by atoms with E-state index in [1.165, 1.54) is 11.1 Å². The van der Waals surface area contributed by atoms with Crippen molar-refractivity contribution >= 4 is 17.3 Å². The Hall–Kier alpha value is -2.29. The van der Waals surface area contributed by atoms with Crippen LogP contribution in [0.4, 0.5) is 11.4 Å². The Morgan fingerprint density at radius 1 is 1.00 bits per heavy atom. The Bertz CT molecular complexity index is 627.